The van der Waals surface area contributed by atoms with Gasteiger partial charge in [-0.2, -0.15) is 0 Å². The number of halogens is 1. The van der Waals surface area contributed by atoms with Crippen LogP contribution in [0.3, 0.4) is 0 Å². The van der Waals surface area contributed by atoms with E-state index in [-0.39, 0.29) is 10.8 Å². The number of nitrogens with one attached hydrogen (secondary N) is 1. The Bertz CT molecular complexity index is 373. The lowest BCUT2D eigenvalue weighted by molar-refractivity contribution is 0.615. The highest BCUT2D eigenvalue weighted by atomic mass is 35.5. The molecule has 90 valence electrons. The van der Waals surface area contributed by atoms with E-state index in [9.17, 15) is 4.21 Å². The Morgan fingerprint density at radius 2 is 2.06 bits per heavy atom. The molecule has 16 heavy (non-hydrogen) atoms. The number of hydrogen-bond donors (Lipinski definition) is 1. The summed E-state index contributed by atoms with van der Waals surface area (Å²) in [7, 11) is -1.08. The largest absolute Gasteiger partial charge is 0.244 e. The zero-order chi connectivity index (χ0) is 12.3. The van der Waals surface area contributed by atoms with E-state index in [1.165, 1.54) is 0 Å². The number of rotatable bonds is 3. The van der Waals surface area contributed by atoms with Crippen LogP contribution in [0.25, 0.3) is 0 Å². The van der Waals surface area contributed by atoms with Crippen molar-refractivity contribution in [3.63, 3.8) is 0 Å². The molecule has 0 amide bonds. The normalized spacial score (nSPS) is 15.8. The van der Waals surface area contributed by atoms with Gasteiger partial charge in [0.25, 0.3) is 0 Å². The second kappa shape index (κ2) is 5.25. The molecule has 2 atom stereocenters. The first kappa shape index (κ1) is 13.6. The predicted molar refractivity (Wildman–Crippen MR) is 68.7 cm³/mol. The van der Waals surface area contributed by atoms with Crippen molar-refractivity contribution < 1.29 is 4.21 Å². The van der Waals surface area contributed by atoms with E-state index in [2.05, 4.69) is 9.71 Å². The Morgan fingerprint density at radius 3 is 2.50 bits per heavy atom. The van der Waals surface area contributed by atoms with E-state index in [4.69, 9.17) is 11.6 Å². The lowest BCUT2D eigenvalue weighted by atomic mass is 10.2. The maximum absolute atomic E-state index is 11.9. The first-order chi connectivity index (χ1) is 7.30. The molecule has 3 nitrogen and oxygen atoms in total. The highest BCUT2D eigenvalue weighted by Crippen LogP contribution is 2.17. The third-order valence-electron chi connectivity index (χ3n) is 2.09. The number of aromatic nitrogens is 1. The second-order valence-corrected chi connectivity index (χ2v) is 7.02. The molecule has 0 aliphatic rings. The zero-order valence-electron chi connectivity index (χ0n) is 9.95. The fraction of sp³-hybridized carbons (Fsp3) is 0.545. The van der Waals surface area contributed by atoms with Gasteiger partial charge >= 0.3 is 0 Å². The molecule has 1 N–H and O–H groups in total. The van der Waals surface area contributed by atoms with Gasteiger partial charge in [0.2, 0.25) is 0 Å². The molecule has 1 aromatic rings. The van der Waals surface area contributed by atoms with Crippen molar-refractivity contribution in [2.24, 2.45) is 0 Å². The lowest BCUT2D eigenvalue weighted by Gasteiger charge is -2.21. The van der Waals surface area contributed by atoms with E-state index in [0.29, 0.717) is 5.15 Å². The summed E-state index contributed by atoms with van der Waals surface area (Å²) in [5, 5.41) is 0.466. The van der Waals surface area contributed by atoms with Crippen LogP contribution in [0.2, 0.25) is 5.15 Å². The van der Waals surface area contributed by atoms with Crippen molar-refractivity contribution >= 4 is 22.6 Å². The smallest absolute Gasteiger partial charge is 0.129 e. The fourth-order valence-corrected chi connectivity index (χ4v) is 1.97. The molecular formula is C11H17ClN2OS. The topological polar surface area (TPSA) is 42.0 Å². The Morgan fingerprint density at radius 1 is 1.44 bits per heavy atom. The van der Waals surface area contributed by atoms with Crippen LogP contribution in [0.4, 0.5) is 0 Å². The molecule has 5 heteroatoms. The lowest BCUT2D eigenvalue weighted by Crippen LogP contribution is -2.34. The van der Waals surface area contributed by atoms with Gasteiger partial charge < -0.3 is 0 Å². The molecule has 0 saturated heterocycles. The van der Waals surface area contributed by atoms with Gasteiger partial charge in [-0.1, -0.05) is 17.7 Å². The maximum atomic E-state index is 11.9. The van der Waals surface area contributed by atoms with Crippen molar-refractivity contribution in [1.29, 1.82) is 0 Å². The minimum absolute atomic E-state index is 0.00942. The first-order valence-corrected chi connectivity index (χ1v) is 6.63. The third-order valence-corrected chi connectivity index (χ3v) is 3.99. The van der Waals surface area contributed by atoms with Crippen LogP contribution in [0.5, 0.6) is 0 Å². The first-order valence-electron chi connectivity index (χ1n) is 5.10. The average molecular weight is 261 g/mol. The third kappa shape index (κ3) is 3.85. The van der Waals surface area contributed by atoms with Crippen molar-refractivity contribution in [3.8, 4) is 0 Å². The van der Waals surface area contributed by atoms with E-state index in [0.717, 1.165) is 5.56 Å². The van der Waals surface area contributed by atoms with E-state index in [1.54, 1.807) is 12.3 Å². The van der Waals surface area contributed by atoms with Gasteiger partial charge in [-0.15, -0.1) is 0 Å². The molecule has 0 aliphatic heterocycles. The standard InChI is InChI=1S/C11H17ClN2OS/c1-8(14-16(15)11(2,3)4)9-5-6-10(12)13-7-9/h5-8,14H,1-4H3/t8-,16?/m0/s1. The molecular weight excluding hydrogens is 244 g/mol. The summed E-state index contributed by atoms with van der Waals surface area (Å²) in [6.45, 7) is 7.75. The summed E-state index contributed by atoms with van der Waals surface area (Å²) in [6.07, 6.45) is 1.69. The molecule has 0 aliphatic carbocycles. The Hall–Kier alpha value is -0.450. The van der Waals surface area contributed by atoms with Gasteiger partial charge in [0, 0.05) is 12.2 Å². The van der Waals surface area contributed by atoms with E-state index in [1.807, 2.05) is 33.8 Å². The van der Waals surface area contributed by atoms with E-state index < -0.39 is 11.0 Å². The van der Waals surface area contributed by atoms with Crippen molar-refractivity contribution in [3.05, 3.63) is 29.0 Å². The highest BCUT2D eigenvalue weighted by Gasteiger charge is 2.21. The summed E-state index contributed by atoms with van der Waals surface area (Å²) in [6, 6.07) is 3.60. The maximum Gasteiger partial charge on any atom is 0.129 e. The minimum Gasteiger partial charge on any atom is -0.244 e. The van der Waals surface area contributed by atoms with E-state index >= 15 is 0 Å². The predicted octanol–water partition coefficient (Wildman–Crippen LogP) is 2.85. The number of hydrogen-bond acceptors (Lipinski definition) is 2. The summed E-state index contributed by atoms with van der Waals surface area (Å²) >= 11 is 5.70. The number of nitrogens with zero attached hydrogens (tertiary/aromatic N) is 1. The van der Waals surface area contributed by atoms with Crippen LogP contribution in [0, 0.1) is 0 Å². The van der Waals surface area contributed by atoms with Crippen LogP contribution < -0.4 is 4.72 Å². The van der Waals surface area contributed by atoms with Crippen LogP contribution in [0.1, 0.15) is 39.3 Å². The molecule has 1 unspecified atom stereocenters. The highest BCUT2D eigenvalue weighted by molar-refractivity contribution is 7.84. The Labute approximate surface area is 104 Å². The summed E-state index contributed by atoms with van der Waals surface area (Å²) < 4.78 is 14.6. The van der Waals surface area contributed by atoms with Crippen molar-refractivity contribution in [2.75, 3.05) is 0 Å². The zero-order valence-corrected chi connectivity index (χ0v) is 11.5. The van der Waals surface area contributed by atoms with Crippen LogP contribution in [0.15, 0.2) is 18.3 Å². The molecule has 0 bridgehead atoms. The van der Waals surface area contributed by atoms with Crippen molar-refractivity contribution in [1.82, 2.24) is 9.71 Å². The van der Waals surface area contributed by atoms with Gasteiger partial charge in [-0.25, -0.2) is 13.9 Å². The summed E-state index contributed by atoms with van der Waals surface area (Å²) in [4.78, 5) is 4.00. The van der Waals surface area contributed by atoms with Crippen LogP contribution in [-0.4, -0.2) is 13.9 Å². The van der Waals surface area contributed by atoms with Gasteiger partial charge in [0.1, 0.15) is 5.15 Å². The molecule has 0 fully saturated rings. The average Bonchev–Trinajstić information content (AvgIpc) is 2.17. The monoisotopic (exact) mass is 260 g/mol. The number of pyridine rings is 1. The molecule has 0 aromatic carbocycles. The molecule has 0 saturated carbocycles. The molecule has 1 rings (SSSR count). The SMILES string of the molecule is C[C@H](NS(=O)C(C)(C)C)c1ccc(Cl)nc1. The molecule has 1 heterocycles. The Balaban J connectivity index is 2.69. The second-order valence-electron chi connectivity index (χ2n) is 4.63. The Kier molecular flexibility index (Phi) is 4.47. The van der Waals surface area contributed by atoms with Crippen LogP contribution >= 0.6 is 11.6 Å². The van der Waals surface area contributed by atoms with Crippen LogP contribution in [-0.2, 0) is 11.0 Å². The molecule has 0 radical (unpaired) electrons. The molecule has 0 spiro atoms. The van der Waals surface area contributed by atoms with Gasteiger partial charge in [-0.3, -0.25) is 0 Å². The van der Waals surface area contributed by atoms with Gasteiger partial charge in [0.15, 0.2) is 0 Å². The quantitative estimate of drug-likeness (QED) is 0.850. The summed E-state index contributed by atoms with van der Waals surface area (Å²) in [5.74, 6) is 0. The molecule has 1 aromatic heterocycles. The van der Waals surface area contributed by atoms with Gasteiger partial charge in [-0.05, 0) is 39.3 Å². The minimum atomic E-state index is -1.08. The summed E-state index contributed by atoms with van der Waals surface area (Å²) in [5.41, 5.74) is 0.974. The van der Waals surface area contributed by atoms with Gasteiger partial charge in [0.05, 0.1) is 15.7 Å². The van der Waals surface area contributed by atoms with Crippen molar-refractivity contribution in [2.45, 2.75) is 38.5 Å². The fourth-order valence-electron chi connectivity index (χ4n) is 1.05.